The van der Waals surface area contributed by atoms with Crippen molar-refractivity contribution < 1.29 is 4.79 Å². The second-order valence-electron chi connectivity index (χ2n) is 2.88. The smallest absolute Gasteiger partial charge is 0.191 e. The Kier molecular flexibility index (Phi) is 2.12. The Morgan fingerprint density at radius 2 is 2.36 bits per heavy atom. The Balaban J connectivity index is 2.43. The van der Waals surface area contributed by atoms with Crippen LogP contribution in [-0.4, -0.2) is 26.0 Å². The van der Waals surface area contributed by atoms with Crippen LogP contribution in [0.25, 0.3) is 10.7 Å². The zero-order valence-corrected chi connectivity index (χ0v) is 8.58. The van der Waals surface area contributed by atoms with Gasteiger partial charge in [0.25, 0.3) is 0 Å². The van der Waals surface area contributed by atoms with Gasteiger partial charge in [-0.2, -0.15) is 0 Å². The van der Waals surface area contributed by atoms with Crippen LogP contribution in [0, 0.1) is 0 Å². The van der Waals surface area contributed by atoms with Crippen molar-refractivity contribution in [3.05, 3.63) is 17.0 Å². The molecule has 14 heavy (non-hydrogen) atoms. The number of carbonyl (C=O) groups is 1. The van der Waals surface area contributed by atoms with Crippen LogP contribution in [0.1, 0.15) is 17.3 Å². The predicted molar refractivity (Wildman–Crippen MR) is 52.1 cm³/mol. The topological polar surface area (TPSA) is 60.7 Å². The molecule has 0 N–H and O–H groups in total. The SMILES string of the molecule is CC(=O)c1csc(-c2nnnn2C)c1. The maximum absolute atomic E-state index is 11.1. The van der Waals surface area contributed by atoms with Crippen LogP contribution in [0.15, 0.2) is 11.4 Å². The molecule has 0 fully saturated rings. The molecule has 5 nitrogen and oxygen atoms in total. The third-order valence-corrected chi connectivity index (χ3v) is 2.77. The van der Waals surface area contributed by atoms with Gasteiger partial charge >= 0.3 is 0 Å². The summed E-state index contributed by atoms with van der Waals surface area (Å²) in [6.45, 7) is 1.54. The molecule has 0 aliphatic heterocycles. The van der Waals surface area contributed by atoms with Gasteiger partial charge in [-0.1, -0.05) is 0 Å². The van der Waals surface area contributed by atoms with Gasteiger partial charge in [-0.05, 0) is 23.4 Å². The fourth-order valence-corrected chi connectivity index (χ4v) is 2.04. The molecule has 0 saturated carbocycles. The lowest BCUT2D eigenvalue weighted by molar-refractivity contribution is 0.101. The Morgan fingerprint density at radius 3 is 2.86 bits per heavy atom. The average molecular weight is 208 g/mol. The Bertz CT molecular complexity index is 473. The molecule has 6 heteroatoms. The predicted octanol–water partition coefficient (Wildman–Crippen LogP) is 1.14. The molecule has 0 unspecified atom stereocenters. The summed E-state index contributed by atoms with van der Waals surface area (Å²) in [6.07, 6.45) is 0. The van der Waals surface area contributed by atoms with E-state index in [1.54, 1.807) is 24.7 Å². The van der Waals surface area contributed by atoms with Gasteiger partial charge in [0.05, 0.1) is 4.88 Å². The number of carbonyl (C=O) groups excluding carboxylic acids is 1. The van der Waals surface area contributed by atoms with E-state index < -0.39 is 0 Å². The summed E-state index contributed by atoms with van der Waals surface area (Å²) in [7, 11) is 1.77. The van der Waals surface area contributed by atoms with E-state index in [4.69, 9.17) is 0 Å². The Labute approximate surface area is 84.4 Å². The van der Waals surface area contributed by atoms with E-state index >= 15 is 0 Å². The van der Waals surface area contributed by atoms with Crippen molar-refractivity contribution in [1.82, 2.24) is 20.2 Å². The molecule has 0 atom stereocenters. The van der Waals surface area contributed by atoms with Crippen molar-refractivity contribution in [2.24, 2.45) is 7.05 Å². The van der Waals surface area contributed by atoms with Crippen molar-refractivity contribution in [1.29, 1.82) is 0 Å². The standard InChI is InChI=1S/C8H8N4OS/c1-5(13)6-3-7(14-4-6)8-9-10-11-12(8)2/h3-4H,1-2H3. The Hall–Kier alpha value is -1.56. The van der Waals surface area contributed by atoms with E-state index in [0.717, 1.165) is 4.88 Å². The summed E-state index contributed by atoms with van der Waals surface area (Å²) in [5, 5.41) is 12.9. The summed E-state index contributed by atoms with van der Waals surface area (Å²) >= 11 is 1.47. The van der Waals surface area contributed by atoms with Gasteiger partial charge in [-0.15, -0.1) is 16.4 Å². The number of Topliss-reactive ketones (excluding diaryl/α,β-unsaturated/α-hetero) is 1. The van der Waals surface area contributed by atoms with Crippen LogP contribution in [0.2, 0.25) is 0 Å². The molecule has 2 heterocycles. The first kappa shape index (κ1) is 9.01. The van der Waals surface area contributed by atoms with Crippen LogP contribution in [-0.2, 0) is 7.05 Å². The van der Waals surface area contributed by atoms with Crippen LogP contribution >= 0.6 is 11.3 Å². The minimum Gasteiger partial charge on any atom is -0.294 e. The van der Waals surface area contributed by atoms with E-state index in [1.807, 2.05) is 5.38 Å². The van der Waals surface area contributed by atoms with E-state index in [9.17, 15) is 4.79 Å². The summed E-state index contributed by atoms with van der Waals surface area (Å²) in [5.41, 5.74) is 0.702. The van der Waals surface area contributed by atoms with Gasteiger partial charge in [0.1, 0.15) is 0 Å². The molecule has 2 rings (SSSR count). The van der Waals surface area contributed by atoms with Gasteiger partial charge < -0.3 is 0 Å². The van der Waals surface area contributed by atoms with Crippen molar-refractivity contribution in [2.75, 3.05) is 0 Å². The molecule has 0 saturated heterocycles. The van der Waals surface area contributed by atoms with E-state index in [1.165, 1.54) is 11.3 Å². The summed E-state index contributed by atoms with van der Waals surface area (Å²) in [6, 6.07) is 1.80. The largest absolute Gasteiger partial charge is 0.294 e. The number of nitrogens with zero attached hydrogens (tertiary/aromatic N) is 4. The molecule has 0 aromatic carbocycles. The highest BCUT2D eigenvalue weighted by molar-refractivity contribution is 7.13. The minimum absolute atomic E-state index is 0.0580. The second kappa shape index (κ2) is 3.30. The lowest BCUT2D eigenvalue weighted by Crippen LogP contribution is -1.93. The van der Waals surface area contributed by atoms with Gasteiger partial charge in [-0.3, -0.25) is 4.79 Å². The van der Waals surface area contributed by atoms with Crippen LogP contribution in [0.5, 0.6) is 0 Å². The highest BCUT2D eigenvalue weighted by Crippen LogP contribution is 2.24. The van der Waals surface area contributed by atoms with Crippen LogP contribution in [0.3, 0.4) is 0 Å². The third kappa shape index (κ3) is 1.44. The number of hydrogen-bond acceptors (Lipinski definition) is 5. The molecule has 0 amide bonds. The number of rotatable bonds is 2. The first-order valence-corrected chi connectivity index (χ1v) is 4.88. The average Bonchev–Trinajstić information content (AvgIpc) is 2.71. The van der Waals surface area contributed by atoms with Crippen molar-refractivity contribution in [3.8, 4) is 10.7 Å². The van der Waals surface area contributed by atoms with E-state index in [0.29, 0.717) is 11.4 Å². The molecule has 2 aromatic rings. The zero-order chi connectivity index (χ0) is 10.1. The number of ketones is 1. The maximum atomic E-state index is 11.1. The summed E-state index contributed by atoms with van der Waals surface area (Å²) < 4.78 is 1.58. The fourth-order valence-electron chi connectivity index (χ4n) is 1.08. The number of hydrogen-bond donors (Lipinski definition) is 0. The maximum Gasteiger partial charge on any atom is 0.191 e. The van der Waals surface area contributed by atoms with E-state index in [-0.39, 0.29) is 5.78 Å². The number of aromatic nitrogens is 4. The lowest BCUT2D eigenvalue weighted by atomic mass is 10.2. The van der Waals surface area contributed by atoms with E-state index in [2.05, 4.69) is 15.5 Å². The van der Waals surface area contributed by atoms with Crippen molar-refractivity contribution in [2.45, 2.75) is 6.92 Å². The molecule has 0 aliphatic carbocycles. The first-order valence-electron chi connectivity index (χ1n) is 4.00. The molecular weight excluding hydrogens is 200 g/mol. The van der Waals surface area contributed by atoms with Crippen LogP contribution in [0.4, 0.5) is 0 Å². The third-order valence-electron chi connectivity index (χ3n) is 1.85. The molecule has 0 radical (unpaired) electrons. The minimum atomic E-state index is 0.0580. The van der Waals surface area contributed by atoms with Gasteiger partial charge in [-0.25, -0.2) is 4.68 Å². The molecule has 0 spiro atoms. The van der Waals surface area contributed by atoms with Gasteiger partial charge in [0.2, 0.25) is 0 Å². The van der Waals surface area contributed by atoms with Gasteiger partial charge in [0, 0.05) is 18.0 Å². The normalized spacial score (nSPS) is 10.4. The molecule has 72 valence electrons. The Morgan fingerprint density at radius 1 is 1.57 bits per heavy atom. The highest BCUT2D eigenvalue weighted by atomic mass is 32.1. The van der Waals surface area contributed by atoms with Crippen LogP contribution < -0.4 is 0 Å². The zero-order valence-electron chi connectivity index (χ0n) is 7.76. The monoisotopic (exact) mass is 208 g/mol. The second-order valence-corrected chi connectivity index (χ2v) is 3.79. The fraction of sp³-hybridized carbons (Fsp3) is 0.250. The van der Waals surface area contributed by atoms with Crippen molar-refractivity contribution in [3.63, 3.8) is 0 Å². The molecular formula is C8H8N4OS. The lowest BCUT2D eigenvalue weighted by Gasteiger charge is -1.91. The molecule has 2 aromatic heterocycles. The number of thiophene rings is 1. The summed E-state index contributed by atoms with van der Waals surface area (Å²) in [4.78, 5) is 12.0. The van der Waals surface area contributed by atoms with Gasteiger partial charge in [0.15, 0.2) is 11.6 Å². The van der Waals surface area contributed by atoms with Crippen molar-refractivity contribution >= 4 is 17.1 Å². The molecule has 0 bridgehead atoms. The highest BCUT2D eigenvalue weighted by Gasteiger charge is 2.10. The molecule has 0 aliphatic rings. The first-order chi connectivity index (χ1) is 6.68. The number of tetrazole rings is 1. The quantitative estimate of drug-likeness (QED) is 0.694. The number of aryl methyl sites for hydroxylation is 1. The summed E-state index contributed by atoms with van der Waals surface area (Å²) in [5.74, 6) is 0.741.